The lowest BCUT2D eigenvalue weighted by atomic mass is 10.2. The van der Waals surface area contributed by atoms with Crippen LogP contribution in [0, 0.1) is 0 Å². The SMILES string of the molecule is CNC(=O)C(C)Oc1c(Cl)cccc1CN. The van der Waals surface area contributed by atoms with Crippen LogP contribution in [0.15, 0.2) is 18.2 Å². The molecule has 3 N–H and O–H groups in total. The van der Waals surface area contributed by atoms with Crippen molar-refractivity contribution < 1.29 is 9.53 Å². The summed E-state index contributed by atoms with van der Waals surface area (Å²) >= 11 is 5.99. The maximum Gasteiger partial charge on any atom is 0.260 e. The highest BCUT2D eigenvalue weighted by Crippen LogP contribution is 2.29. The predicted octanol–water partition coefficient (Wildman–Crippen LogP) is 1.31. The van der Waals surface area contributed by atoms with Gasteiger partial charge in [0, 0.05) is 19.2 Å². The molecule has 4 nitrogen and oxygen atoms in total. The molecule has 88 valence electrons. The van der Waals surface area contributed by atoms with Gasteiger partial charge in [0.2, 0.25) is 0 Å². The summed E-state index contributed by atoms with van der Waals surface area (Å²) in [6.07, 6.45) is -0.602. The smallest absolute Gasteiger partial charge is 0.260 e. The maximum absolute atomic E-state index is 11.3. The number of benzene rings is 1. The van der Waals surface area contributed by atoms with Gasteiger partial charge in [0.1, 0.15) is 5.75 Å². The first kappa shape index (κ1) is 12.8. The Kier molecular flexibility index (Phi) is 4.58. The van der Waals surface area contributed by atoms with Gasteiger partial charge in [-0.1, -0.05) is 23.7 Å². The zero-order valence-corrected chi connectivity index (χ0v) is 10.0. The molecule has 1 amide bonds. The summed E-state index contributed by atoms with van der Waals surface area (Å²) in [5.74, 6) is 0.269. The Balaban J connectivity index is 2.91. The van der Waals surface area contributed by atoms with Gasteiger partial charge in [-0.05, 0) is 13.0 Å². The third-order valence-corrected chi connectivity index (χ3v) is 2.48. The molecule has 0 bridgehead atoms. The van der Waals surface area contributed by atoms with Gasteiger partial charge < -0.3 is 15.8 Å². The molecular formula is C11H15ClN2O2. The van der Waals surface area contributed by atoms with Gasteiger partial charge in [-0.25, -0.2) is 0 Å². The minimum atomic E-state index is -0.602. The number of para-hydroxylation sites is 1. The van der Waals surface area contributed by atoms with Gasteiger partial charge in [-0.15, -0.1) is 0 Å². The highest BCUT2D eigenvalue weighted by atomic mass is 35.5. The normalized spacial score (nSPS) is 12.0. The summed E-state index contributed by atoms with van der Waals surface area (Å²) in [6, 6.07) is 5.31. The summed E-state index contributed by atoms with van der Waals surface area (Å²) < 4.78 is 5.50. The molecule has 1 rings (SSSR count). The fraction of sp³-hybridized carbons (Fsp3) is 0.364. The molecule has 0 spiro atoms. The van der Waals surface area contributed by atoms with Crippen molar-refractivity contribution in [3.8, 4) is 5.75 Å². The fourth-order valence-corrected chi connectivity index (χ4v) is 1.52. The van der Waals surface area contributed by atoms with Crippen LogP contribution in [0.3, 0.4) is 0 Å². The van der Waals surface area contributed by atoms with E-state index in [4.69, 9.17) is 22.1 Å². The molecule has 0 radical (unpaired) electrons. The Morgan fingerprint density at radius 2 is 2.31 bits per heavy atom. The van der Waals surface area contributed by atoms with Crippen LogP contribution >= 0.6 is 11.6 Å². The Hall–Kier alpha value is -1.26. The Morgan fingerprint density at radius 1 is 1.62 bits per heavy atom. The van der Waals surface area contributed by atoms with Crippen molar-refractivity contribution in [1.29, 1.82) is 0 Å². The second-order valence-electron chi connectivity index (χ2n) is 3.31. The fourth-order valence-electron chi connectivity index (χ4n) is 1.28. The first-order valence-corrected chi connectivity index (χ1v) is 5.33. The molecule has 0 aliphatic heterocycles. The van der Waals surface area contributed by atoms with E-state index in [1.165, 1.54) is 0 Å². The lowest BCUT2D eigenvalue weighted by Gasteiger charge is -2.16. The Morgan fingerprint density at radius 3 is 2.88 bits per heavy atom. The van der Waals surface area contributed by atoms with Crippen LogP contribution in [0.2, 0.25) is 5.02 Å². The molecule has 1 unspecified atom stereocenters. The maximum atomic E-state index is 11.3. The van der Waals surface area contributed by atoms with Crippen molar-refractivity contribution >= 4 is 17.5 Å². The summed E-state index contributed by atoms with van der Waals surface area (Å²) in [7, 11) is 1.55. The van der Waals surface area contributed by atoms with E-state index in [9.17, 15) is 4.79 Å². The monoisotopic (exact) mass is 242 g/mol. The minimum absolute atomic E-state index is 0.206. The quantitative estimate of drug-likeness (QED) is 0.837. The zero-order chi connectivity index (χ0) is 12.1. The third-order valence-electron chi connectivity index (χ3n) is 2.18. The number of carbonyl (C=O) groups excluding carboxylic acids is 1. The number of ether oxygens (including phenoxy) is 1. The summed E-state index contributed by atoms with van der Waals surface area (Å²) in [5.41, 5.74) is 6.35. The minimum Gasteiger partial charge on any atom is -0.479 e. The second kappa shape index (κ2) is 5.72. The van der Waals surface area contributed by atoms with Crippen molar-refractivity contribution in [2.75, 3.05) is 7.05 Å². The van der Waals surface area contributed by atoms with Crippen LogP contribution in [-0.4, -0.2) is 19.1 Å². The molecule has 16 heavy (non-hydrogen) atoms. The largest absolute Gasteiger partial charge is 0.479 e. The molecule has 0 heterocycles. The second-order valence-corrected chi connectivity index (χ2v) is 3.71. The summed E-state index contributed by atoms with van der Waals surface area (Å²) in [5, 5.41) is 2.96. The number of hydrogen-bond acceptors (Lipinski definition) is 3. The molecule has 0 aliphatic rings. The van der Waals surface area contributed by atoms with E-state index in [1.54, 1.807) is 26.1 Å². The molecule has 1 aromatic rings. The van der Waals surface area contributed by atoms with E-state index in [0.29, 0.717) is 17.3 Å². The summed E-state index contributed by atoms with van der Waals surface area (Å²) in [6.45, 7) is 1.97. The van der Waals surface area contributed by atoms with Crippen LogP contribution < -0.4 is 15.8 Å². The number of carbonyl (C=O) groups is 1. The van der Waals surface area contributed by atoms with Gasteiger partial charge in [0.15, 0.2) is 6.10 Å². The first-order chi connectivity index (χ1) is 7.60. The van der Waals surface area contributed by atoms with E-state index >= 15 is 0 Å². The van der Waals surface area contributed by atoms with Crippen molar-refractivity contribution in [3.05, 3.63) is 28.8 Å². The topological polar surface area (TPSA) is 64.3 Å². The molecule has 0 fully saturated rings. The van der Waals surface area contributed by atoms with Crippen molar-refractivity contribution in [3.63, 3.8) is 0 Å². The standard InChI is InChI=1S/C11H15ClN2O2/c1-7(11(15)14-2)16-10-8(6-13)4-3-5-9(10)12/h3-5,7H,6,13H2,1-2H3,(H,14,15). The van der Waals surface area contributed by atoms with Crippen molar-refractivity contribution in [1.82, 2.24) is 5.32 Å². The number of likely N-dealkylation sites (N-methyl/N-ethyl adjacent to an activating group) is 1. The van der Waals surface area contributed by atoms with Crippen LogP contribution in [-0.2, 0) is 11.3 Å². The zero-order valence-electron chi connectivity index (χ0n) is 9.29. The lowest BCUT2D eigenvalue weighted by molar-refractivity contribution is -0.126. The third kappa shape index (κ3) is 2.87. The van der Waals surface area contributed by atoms with Crippen LogP contribution in [0.25, 0.3) is 0 Å². The van der Waals surface area contributed by atoms with Crippen LogP contribution in [0.1, 0.15) is 12.5 Å². The van der Waals surface area contributed by atoms with Gasteiger partial charge in [0.25, 0.3) is 5.91 Å². The molecule has 1 aromatic carbocycles. The number of nitrogens with one attached hydrogen (secondary N) is 1. The number of halogens is 1. The molecule has 5 heteroatoms. The Bertz CT molecular complexity index is 382. The van der Waals surface area contributed by atoms with Gasteiger partial charge in [-0.2, -0.15) is 0 Å². The number of nitrogens with two attached hydrogens (primary N) is 1. The number of rotatable bonds is 4. The van der Waals surface area contributed by atoms with E-state index in [1.807, 2.05) is 6.07 Å². The average molecular weight is 243 g/mol. The highest BCUT2D eigenvalue weighted by molar-refractivity contribution is 6.32. The lowest BCUT2D eigenvalue weighted by Crippen LogP contribution is -2.34. The van der Waals surface area contributed by atoms with E-state index < -0.39 is 6.10 Å². The van der Waals surface area contributed by atoms with E-state index in [-0.39, 0.29) is 5.91 Å². The Labute approximate surface area is 99.7 Å². The average Bonchev–Trinajstić information content (AvgIpc) is 2.30. The number of hydrogen-bond donors (Lipinski definition) is 2. The van der Waals surface area contributed by atoms with E-state index in [2.05, 4.69) is 5.32 Å². The molecule has 0 saturated heterocycles. The predicted molar refractivity (Wildman–Crippen MR) is 63.5 cm³/mol. The molecular weight excluding hydrogens is 228 g/mol. The van der Waals surface area contributed by atoms with Gasteiger partial charge in [-0.3, -0.25) is 4.79 Å². The van der Waals surface area contributed by atoms with Crippen molar-refractivity contribution in [2.45, 2.75) is 19.6 Å². The molecule has 1 atom stereocenters. The van der Waals surface area contributed by atoms with Gasteiger partial charge >= 0.3 is 0 Å². The number of amides is 1. The van der Waals surface area contributed by atoms with Crippen LogP contribution in [0.5, 0.6) is 5.75 Å². The first-order valence-electron chi connectivity index (χ1n) is 4.95. The molecule has 0 saturated carbocycles. The van der Waals surface area contributed by atoms with Crippen molar-refractivity contribution in [2.24, 2.45) is 5.73 Å². The highest BCUT2D eigenvalue weighted by Gasteiger charge is 2.16. The van der Waals surface area contributed by atoms with E-state index in [0.717, 1.165) is 5.56 Å². The van der Waals surface area contributed by atoms with Crippen LogP contribution in [0.4, 0.5) is 0 Å². The summed E-state index contributed by atoms with van der Waals surface area (Å²) in [4.78, 5) is 11.3. The van der Waals surface area contributed by atoms with Gasteiger partial charge in [0.05, 0.1) is 5.02 Å². The molecule has 0 aliphatic carbocycles. The molecule has 0 aromatic heterocycles.